The minimum atomic E-state index is -0.552. The molecule has 0 bridgehead atoms. The monoisotopic (exact) mass is 314 g/mol. The van der Waals surface area contributed by atoms with Crippen LogP contribution in [-0.4, -0.2) is 10.8 Å². The van der Waals surface area contributed by atoms with Crippen molar-refractivity contribution in [2.24, 2.45) is 0 Å². The summed E-state index contributed by atoms with van der Waals surface area (Å²) in [6.45, 7) is 5.52. The minimum absolute atomic E-state index is 0.160. The molecule has 0 unspecified atom stereocenters. The van der Waals surface area contributed by atoms with Gasteiger partial charge in [-0.2, -0.15) is 0 Å². The van der Waals surface area contributed by atoms with Crippen molar-refractivity contribution in [1.29, 1.82) is 0 Å². The molecule has 0 saturated carbocycles. The first kappa shape index (κ1) is 16.4. The number of nitro benzene ring substituents is 1. The topological polar surface area (TPSA) is 72.2 Å². The lowest BCUT2D eigenvalue weighted by molar-refractivity contribution is -0.384. The van der Waals surface area contributed by atoms with Crippen molar-refractivity contribution < 1.29 is 14.1 Å². The number of amides is 1. The maximum Gasteiger partial charge on any atom is 0.270 e. The van der Waals surface area contributed by atoms with E-state index in [0.717, 1.165) is 0 Å². The molecule has 0 spiro atoms. The zero-order chi connectivity index (χ0) is 17.0. The molecule has 0 aliphatic heterocycles. The smallest absolute Gasteiger partial charge is 0.270 e. The lowest BCUT2D eigenvalue weighted by atomic mass is 9.97. The van der Waals surface area contributed by atoms with E-state index >= 15 is 0 Å². The second kappa shape index (κ2) is 6.83. The summed E-state index contributed by atoms with van der Waals surface area (Å²) < 4.78 is 14.0. The number of nitrogens with one attached hydrogen (secondary N) is 1. The van der Waals surface area contributed by atoms with E-state index in [4.69, 9.17) is 0 Å². The molecule has 1 amide bonds. The third-order valence-corrected chi connectivity index (χ3v) is 3.33. The first-order valence-corrected chi connectivity index (χ1v) is 6.96. The molecule has 5 nitrogen and oxygen atoms in total. The molecule has 0 fully saturated rings. The number of hydrogen-bond donors (Lipinski definition) is 1. The Bertz CT molecular complexity index is 787. The molecule has 0 saturated heterocycles. The maximum absolute atomic E-state index is 14.0. The van der Waals surface area contributed by atoms with E-state index < -0.39 is 10.7 Å². The largest absolute Gasteiger partial charge is 0.326 e. The fourth-order valence-corrected chi connectivity index (χ4v) is 2.09. The molecular formula is C17H15FN2O3. The molecule has 2 rings (SSSR count). The van der Waals surface area contributed by atoms with Gasteiger partial charge in [0.05, 0.1) is 4.92 Å². The predicted octanol–water partition coefficient (Wildman–Crippen LogP) is 4.14. The number of halogens is 1. The molecule has 1 N–H and O–H groups in total. The number of rotatable bonds is 5. The van der Waals surface area contributed by atoms with Crippen molar-refractivity contribution in [3.63, 3.8) is 0 Å². The van der Waals surface area contributed by atoms with Crippen LogP contribution in [0.5, 0.6) is 0 Å². The summed E-state index contributed by atoms with van der Waals surface area (Å²) in [5.41, 5.74) is 0.993. The highest BCUT2D eigenvalue weighted by Gasteiger charge is 2.17. The fourth-order valence-electron chi connectivity index (χ4n) is 2.09. The van der Waals surface area contributed by atoms with Crippen LogP contribution in [0.25, 0.3) is 5.57 Å². The molecule has 2 aromatic carbocycles. The first-order chi connectivity index (χ1) is 10.9. The Morgan fingerprint density at radius 1 is 1.26 bits per heavy atom. The van der Waals surface area contributed by atoms with E-state index in [-0.39, 0.29) is 29.2 Å². The summed E-state index contributed by atoms with van der Waals surface area (Å²) in [7, 11) is 0. The van der Waals surface area contributed by atoms with Gasteiger partial charge in [0, 0.05) is 35.4 Å². The zero-order valence-electron chi connectivity index (χ0n) is 12.5. The number of anilines is 1. The van der Waals surface area contributed by atoms with Gasteiger partial charge in [0.1, 0.15) is 5.82 Å². The van der Waals surface area contributed by atoms with Crippen LogP contribution in [0.2, 0.25) is 0 Å². The van der Waals surface area contributed by atoms with Gasteiger partial charge < -0.3 is 5.32 Å². The number of nitro groups is 1. The lowest BCUT2D eigenvalue weighted by Gasteiger charge is -2.13. The van der Waals surface area contributed by atoms with E-state index in [1.165, 1.54) is 30.3 Å². The van der Waals surface area contributed by atoms with E-state index in [2.05, 4.69) is 11.9 Å². The molecule has 23 heavy (non-hydrogen) atoms. The van der Waals surface area contributed by atoms with Gasteiger partial charge in [0.15, 0.2) is 0 Å². The Hall–Kier alpha value is -3.02. The Morgan fingerprint density at radius 3 is 2.57 bits per heavy atom. The normalized spacial score (nSPS) is 10.2. The van der Waals surface area contributed by atoms with Gasteiger partial charge in [0.2, 0.25) is 5.91 Å². The molecule has 0 radical (unpaired) electrons. The lowest BCUT2D eigenvalue weighted by Crippen LogP contribution is -2.11. The highest BCUT2D eigenvalue weighted by molar-refractivity contribution is 5.96. The van der Waals surface area contributed by atoms with Crippen LogP contribution in [0.4, 0.5) is 15.8 Å². The van der Waals surface area contributed by atoms with E-state index in [0.29, 0.717) is 11.3 Å². The number of carbonyl (C=O) groups is 1. The summed E-state index contributed by atoms with van der Waals surface area (Å²) in [5.74, 6) is -0.738. The summed E-state index contributed by atoms with van der Waals surface area (Å²) in [6.07, 6.45) is 0.253. The summed E-state index contributed by atoms with van der Waals surface area (Å²) in [4.78, 5) is 22.1. The van der Waals surface area contributed by atoms with Crippen LogP contribution in [0, 0.1) is 15.9 Å². The van der Waals surface area contributed by atoms with Crippen molar-refractivity contribution in [3.05, 3.63) is 76.1 Å². The molecule has 0 heterocycles. The van der Waals surface area contributed by atoms with Crippen LogP contribution in [0.3, 0.4) is 0 Å². The number of carbonyl (C=O) groups excluding carboxylic acids is 1. The van der Waals surface area contributed by atoms with Gasteiger partial charge >= 0.3 is 0 Å². The van der Waals surface area contributed by atoms with Crippen LogP contribution in [0.1, 0.15) is 24.5 Å². The molecular weight excluding hydrogens is 299 g/mol. The third-order valence-electron chi connectivity index (χ3n) is 3.33. The van der Waals surface area contributed by atoms with E-state index in [9.17, 15) is 19.3 Å². The molecule has 118 valence electrons. The minimum Gasteiger partial charge on any atom is -0.326 e. The standard InChI is InChI=1S/C17H15FN2O3/c1-3-17(21)19-16-9-8-12(20(22)23)10-14(16)11(2)13-6-4-5-7-15(13)18/h4-10H,2-3H2,1H3,(H,19,21). The molecule has 0 atom stereocenters. The van der Waals surface area contributed by atoms with Crippen molar-refractivity contribution in [1.82, 2.24) is 0 Å². The number of hydrogen-bond acceptors (Lipinski definition) is 3. The number of non-ortho nitro benzene ring substituents is 1. The van der Waals surface area contributed by atoms with E-state index in [1.54, 1.807) is 19.1 Å². The molecule has 0 aliphatic carbocycles. The van der Waals surface area contributed by atoms with Crippen LogP contribution in [0.15, 0.2) is 49.0 Å². The van der Waals surface area contributed by atoms with Gasteiger partial charge in [-0.1, -0.05) is 31.7 Å². The third kappa shape index (κ3) is 3.60. The fraction of sp³-hybridized carbons (Fsp3) is 0.118. The highest BCUT2D eigenvalue weighted by atomic mass is 19.1. The quantitative estimate of drug-likeness (QED) is 0.666. The van der Waals surface area contributed by atoms with Gasteiger partial charge in [-0.25, -0.2) is 4.39 Å². The average molecular weight is 314 g/mol. The van der Waals surface area contributed by atoms with Crippen molar-refractivity contribution in [2.45, 2.75) is 13.3 Å². The average Bonchev–Trinajstić information content (AvgIpc) is 2.54. The van der Waals surface area contributed by atoms with Crippen LogP contribution >= 0.6 is 0 Å². The van der Waals surface area contributed by atoms with Crippen molar-refractivity contribution >= 4 is 22.9 Å². The second-order valence-corrected chi connectivity index (χ2v) is 4.85. The van der Waals surface area contributed by atoms with Gasteiger partial charge in [-0.15, -0.1) is 0 Å². The van der Waals surface area contributed by atoms with Crippen LogP contribution in [-0.2, 0) is 4.79 Å². The first-order valence-electron chi connectivity index (χ1n) is 6.96. The predicted molar refractivity (Wildman–Crippen MR) is 86.6 cm³/mol. The van der Waals surface area contributed by atoms with Gasteiger partial charge in [-0.3, -0.25) is 14.9 Å². The van der Waals surface area contributed by atoms with Gasteiger partial charge in [0.25, 0.3) is 5.69 Å². The molecule has 0 aliphatic rings. The van der Waals surface area contributed by atoms with Crippen molar-refractivity contribution in [2.75, 3.05) is 5.32 Å². The van der Waals surface area contributed by atoms with E-state index in [1.807, 2.05) is 0 Å². The van der Waals surface area contributed by atoms with Gasteiger partial charge in [-0.05, 0) is 17.7 Å². The zero-order valence-corrected chi connectivity index (χ0v) is 12.5. The number of benzene rings is 2. The Labute approximate surface area is 132 Å². The van der Waals surface area contributed by atoms with Crippen molar-refractivity contribution in [3.8, 4) is 0 Å². The molecule has 6 heteroatoms. The number of nitrogens with zero attached hydrogens (tertiary/aromatic N) is 1. The summed E-state index contributed by atoms with van der Waals surface area (Å²) in [5, 5.41) is 13.6. The van der Waals surface area contributed by atoms with Crippen LogP contribution < -0.4 is 5.32 Å². The maximum atomic E-state index is 14.0. The Morgan fingerprint density at radius 2 is 1.96 bits per heavy atom. The Kier molecular flexibility index (Phi) is 4.85. The Balaban J connectivity index is 2.55. The highest BCUT2D eigenvalue weighted by Crippen LogP contribution is 2.32. The summed E-state index contributed by atoms with van der Waals surface area (Å²) in [6, 6.07) is 9.98. The SMILES string of the molecule is C=C(c1ccccc1F)c1cc([N+](=O)[O-])ccc1NC(=O)CC. The molecule has 2 aromatic rings. The molecule has 0 aromatic heterocycles. The summed E-state index contributed by atoms with van der Waals surface area (Å²) >= 11 is 0. The second-order valence-electron chi connectivity index (χ2n) is 4.85.